The number of benzene rings is 2. The Morgan fingerprint density at radius 1 is 0.941 bits per heavy atom. The van der Waals surface area contributed by atoms with Gasteiger partial charge in [0.2, 0.25) is 0 Å². The van der Waals surface area contributed by atoms with Gasteiger partial charge in [0.1, 0.15) is 0 Å². The first-order valence-electron chi connectivity index (χ1n) is 5.54. The van der Waals surface area contributed by atoms with Crippen molar-refractivity contribution in [3.8, 4) is 0 Å². The molecule has 0 aliphatic rings. The molecule has 0 N–H and O–H groups in total. The average Bonchev–Trinajstić information content (AvgIpc) is 2.76. The van der Waals surface area contributed by atoms with Gasteiger partial charge in [-0.1, -0.05) is 47.7 Å². The zero-order valence-corrected chi connectivity index (χ0v) is 11.1. The van der Waals surface area contributed by atoms with Gasteiger partial charge in [0, 0.05) is 25.3 Å². The Labute approximate surface area is 109 Å². The minimum atomic E-state index is 1.30. The molecular weight excluding hydrogens is 244 g/mol. The van der Waals surface area contributed by atoms with Crippen molar-refractivity contribution in [3.05, 3.63) is 59.5 Å². The summed E-state index contributed by atoms with van der Waals surface area (Å²) in [5, 5.41) is 3.61. The predicted molar refractivity (Wildman–Crippen MR) is 77.1 cm³/mol. The number of rotatable bonds is 2. The summed E-state index contributed by atoms with van der Waals surface area (Å²) in [6.45, 7) is 2.12. The maximum Gasteiger partial charge on any atom is 0.0354 e. The molecule has 0 saturated heterocycles. The third-order valence-corrected chi connectivity index (χ3v) is 4.87. The molecule has 3 rings (SSSR count). The van der Waals surface area contributed by atoms with E-state index in [9.17, 15) is 0 Å². The number of hydrogen-bond donors (Lipinski definition) is 0. The van der Waals surface area contributed by atoms with E-state index in [0.29, 0.717) is 0 Å². The lowest BCUT2D eigenvalue weighted by molar-refractivity contribution is 1.37. The van der Waals surface area contributed by atoms with Crippen molar-refractivity contribution >= 4 is 33.2 Å². The molecule has 17 heavy (non-hydrogen) atoms. The van der Waals surface area contributed by atoms with Gasteiger partial charge in [-0.25, -0.2) is 0 Å². The van der Waals surface area contributed by atoms with E-state index in [2.05, 4.69) is 60.8 Å². The summed E-state index contributed by atoms with van der Waals surface area (Å²) in [5.41, 5.74) is 1.31. The van der Waals surface area contributed by atoms with Gasteiger partial charge in [-0.2, -0.15) is 0 Å². The molecule has 0 unspecified atom stereocenters. The minimum absolute atomic E-state index is 1.30. The van der Waals surface area contributed by atoms with Gasteiger partial charge in [0.25, 0.3) is 0 Å². The molecule has 0 atom stereocenters. The van der Waals surface area contributed by atoms with Gasteiger partial charge in [0.05, 0.1) is 0 Å². The SMILES string of the molecule is Cc1ccc(Sc2csc3ccccc23)cc1. The molecule has 2 aromatic carbocycles. The van der Waals surface area contributed by atoms with Crippen LogP contribution >= 0.6 is 23.1 Å². The summed E-state index contributed by atoms with van der Waals surface area (Å²) >= 11 is 3.66. The molecule has 0 saturated carbocycles. The van der Waals surface area contributed by atoms with Crippen LogP contribution in [-0.4, -0.2) is 0 Å². The van der Waals surface area contributed by atoms with Gasteiger partial charge in [-0.05, 0) is 25.1 Å². The lowest BCUT2D eigenvalue weighted by atomic mass is 10.2. The van der Waals surface area contributed by atoms with E-state index in [1.165, 1.54) is 25.4 Å². The van der Waals surface area contributed by atoms with Gasteiger partial charge in [0.15, 0.2) is 0 Å². The van der Waals surface area contributed by atoms with Crippen molar-refractivity contribution in [2.45, 2.75) is 16.7 Å². The molecule has 1 aromatic heterocycles. The molecule has 2 heteroatoms. The summed E-state index contributed by atoms with van der Waals surface area (Å²) in [6, 6.07) is 17.3. The van der Waals surface area contributed by atoms with E-state index < -0.39 is 0 Å². The second-order valence-corrected chi connectivity index (χ2v) is 6.04. The quantitative estimate of drug-likeness (QED) is 0.594. The van der Waals surface area contributed by atoms with Crippen molar-refractivity contribution in [2.75, 3.05) is 0 Å². The normalized spacial score (nSPS) is 10.9. The number of aryl methyl sites for hydroxylation is 1. The maximum absolute atomic E-state index is 2.25. The van der Waals surface area contributed by atoms with E-state index in [4.69, 9.17) is 0 Å². The highest BCUT2D eigenvalue weighted by molar-refractivity contribution is 7.99. The van der Waals surface area contributed by atoms with E-state index >= 15 is 0 Å². The molecule has 0 bridgehead atoms. The maximum atomic E-state index is 2.25. The Morgan fingerprint density at radius 3 is 2.53 bits per heavy atom. The number of fused-ring (bicyclic) bond motifs is 1. The fraction of sp³-hybridized carbons (Fsp3) is 0.0667. The minimum Gasteiger partial charge on any atom is -0.143 e. The summed E-state index contributed by atoms with van der Waals surface area (Å²) in [4.78, 5) is 2.66. The summed E-state index contributed by atoms with van der Waals surface area (Å²) in [5.74, 6) is 0. The fourth-order valence-corrected chi connectivity index (χ4v) is 3.80. The molecule has 0 fully saturated rings. The predicted octanol–water partition coefficient (Wildman–Crippen LogP) is 5.36. The van der Waals surface area contributed by atoms with E-state index in [0.717, 1.165) is 0 Å². The molecule has 1 heterocycles. The van der Waals surface area contributed by atoms with Crippen LogP contribution < -0.4 is 0 Å². The smallest absolute Gasteiger partial charge is 0.0354 e. The summed E-state index contributed by atoms with van der Waals surface area (Å²) in [6.07, 6.45) is 0. The molecule has 0 radical (unpaired) electrons. The highest BCUT2D eigenvalue weighted by Crippen LogP contribution is 2.37. The molecular formula is C15H12S2. The van der Waals surface area contributed by atoms with Crippen molar-refractivity contribution in [1.82, 2.24) is 0 Å². The zero-order chi connectivity index (χ0) is 11.7. The van der Waals surface area contributed by atoms with E-state index in [1.54, 1.807) is 0 Å². The van der Waals surface area contributed by atoms with Gasteiger partial charge in [-0.15, -0.1) is 11.3 Å². The standard InChI is InChI=1S/C15H12S2/c1-11-6-8-12(9-7-11)17-15-10-16-14-5-3-2-4-13(14)15/h2-10H,1H3. The molecule has 0 aliphatic carbocycles. The van der Waals surface area contributed by atoms with Gasteiger partial charge >= 0.3 is 0 Å². The van der Waals surface area contributed by atoms with E-state index in [1.807, 2.05) is 23.1 Å². The van der Waals surface area contributed by atoms with Crippen LogP contribution in [0.15, 0.2) is 63.7 Å². The average molecular weight is 256 g/mol. The van der Waals surface area contributed by atoms with Gasteiger partial charge in [-0.3, -0.25) is 0 Å². The Balaban J connectivity index is 1.97. The highest BCUT2D eigenvalue weighted by atomic mass is 32.2. The molecule has 0 amide bonds. The van der Waals surface area contributed by atoms with Crippen LogP contribution in [0.4, 0.5) is 0 Å². The first-order chi connectivity index (χ1) is 8.33. The first kappa shape index (κ1) is 10.9. The Kier molecular flexibility index (Phi) is 2.91. The Bertz CT molecular complexity index is 635. The second-order valence-electron chi connectivity index (χ2n) is 4.01. The topological polar surface area (TPSA) is 0 Å². The summed E-state index contributed by atoms with van der Waals surface area (Å²) in [7, 11) is 0. The first-order valence-corrected chi connectivity index (χ1v) is 7.23. The number of thiophene rings is 1. The lowest BCUT2D eigenvalue weighted by Gasteiger charge is -2.00. The number of hydrogen-bond acceptors (Lipinski definition) is 2. The van der Waals surface area contributed by atoms with Crippen LogP contribution in [0.5, 0.6) is 0 Å². The van der Waals surface area contributed by atoms with Gasteiger partial charge < -0.3 is 0 Å². The van der Waals surface area contributed by atoms with Crippen LogP contribution in [0.1, 0.15) is 5.56 Å². The van der Waals surface area contributed by atoms with Crippen LogP contribution in [0.25, 0.3) is 10.1 Å². The second kappa shape index (κ2) is 4.55. The highest BCUT2D eigenvalue weighted by Gasteiger charge is 2.04. The van der Waals surface area contributed by atoms with Crippen molar-refractivity contribution in [2.24, 2.45) is 0 Å². The van der Waals surface area contributed by atoms with E-state index in [-0.39, 0.29) is 0 Å². The van der Waals surface area contributed by atoms with Crippen LogP contribution in [0, 0.1) is 6.92 Å². The molecule has 84 valence electrons. The van der Waals surface area contributed by atoms with Crippen molar-refractivity contribution < 1.29 is 0 Å². The molecule has 0 aliphatic heterocycles. The van der Waals surface area contributed by atoms with Crippen LogP contribution in [0.2, 0.25) is 0 Å². The van der Waals surface area contributed by atoms with Crippen molar-refractivity contribution in [3.63, 3.8) is 0 Å². The monoisotopic (exact) mass is 256 g/mol. The molecule has 3 aromatic rings. The van der Waals surface area contributed by atoms with Crippen molar-refractivity contribution in [1.29, 1.82) is 0 Å². The fourth-order valence-electron chi connectivity index (χ4n) is 1.77. The molecule has 0 nitrogen and oxygen atoms in total. The third kappa shape index (κ3) is 2.24. The Morgan fingerprint density at radius 2 is 1.71 bits per heavy atom. The third-order valence-electron chi connectivity index (χ3n) is 2.69. The summed E-state index contributed by atoms with van der Waals surface area (Å²) < 4.78 is 1.36. The Hall–Kier alpha value is -1.25. The lowest BCUT2D eigenvalue weighted by Crippen LogP contribution is -1.73. The van der Waals surface area contributed by atoms with Crippen LogP contribution in [0.3, 0.4) is 0 Å². The largest absolute Gasteiger partial charge is 0.143 e. The molecule has 0 spiro atoms. The van der Waals surface area contributed by atoms with Crippen LogP contribution in [-0.2, 0) is 0 Å². The zero-order valence-electron chi connectivity index (χ0n) is 9.51.